The van der Waals surface area contributed by atoms with Crippen LogP contribution in [-0.4, -0.2) is 16.9 Å². The van der Waals surface area contributed by atoms with Crippen LogP contribution >= 0.6 is 11.3 Å². The lowest BCUT2D eigenvalue weighted by molar-refractivity contribution is -0.137. The molecule has 1 rings (SSSR count). The number of thiophene rings is 1. The van der Waals surface area contributed by atoms with Gasteiger partial charge in [0.25, 0.3) is 0 Å². The van der Waals surface area contributed by atoms with Crippen molar-refractivity contribution in [3.05, 3.63) is 22.4 Å². The summed E-state index contributed by atoms with van der Waals surface area (Å²) in [7, 11) is 0. The third-order valence-corrected chi connectivity index (χ3v) is 3.19. The third kappa shape index (κ3) is 5.51. The van der Waals surface area contributed by atoms with E-state index < -0.39 is 18.2 Å². The van der Waals surface area contributed by atoms with Crippen LogP contribution in [0, 0.1) is 0 Å². The lowest BCUT2D eigenvalue weighted by Crippen LogP contribution is -2.27. The van der Waals surface area contributed by atoms with Gasteiger partial charge in [-0.3, -0.25) is 0 Å². The highest BCUT2D eigenvalue weighted by Gasteiger charge is 2.29. The zero-order valence-electron chi connectivity index (χ0n) is 9.05. The van der Waals surface area contributed by atoms with Gasteiger partial charge in [0.15, 0.2) is 0 Å². The topological polar surface area (TPSA) is 20.2 Å². The van der Waals surface area contributed by atoms with E-state index in [1.165, 1.54) is 11.3 Å². The van der Waals surface area contributed by atoms with Gasteiger partial charge in [0.1, 0.15) is 0 Å². The summed E-state index contributed by atoms with van der Waals surface area (Å²) in [5, 5.41) is 11.8. The van der Waals surface area contributed by atoms with Gasteiger partial charge >= 0.3 is 6.18 Å². The molecule has 0 aromatic carbocycles. The standard InChI is InChI=1S/C11H15F3OS/c1-10(15,5-3-6-11(12,13)14)8-9-4-2-7-16-9/h2,4,7,15H,3,5-6,8H2,1H3. The first kappa shape index (κ1) is 13.5. The molecule has 1 heterocycles. The van der Waals surface area contributed by atoms with Crippen LogP contribution in [0.2, 0.25) is 0 Å². The van der Waals surface area contributed by atoms with E-state index in [0.717, 1.165) is 4.88 Å². The second-order valence-electron chi connectivity index (χ2n) is 4.22. The Bertz CT molecular complexity index is 304. The molecule has 0 saturated carbocycles. The molecule has 0 radical (unpaired) electrons. The second-order valence-corrected chi connectivity index (χ2v) is 5.25. The summed E-state index contributed by atoms with van der Waals surface area (Å²) in [5.74, 6) is 0. The van der Waals surface area contributed by atoms with E-state index in [1.807, 2.05) is 17.5 Å². The van der Waals surface area contributed by atoms with Crippen LogP contribution in [0.25, 0.3) is 0 Å². The zero-order valence-corrected chi connectivity index (χ0v) is 9.87. The van der Waals surface area contributed by atoms with E-state index in [1.54, 1.807) is 6.92 Å². The summed E-state index contributed by atoms with van der Waals surface area (Å²) in [5.41, 5.74) is -1.05. The molecule has 1 N–H and O–H groups in total. The Labute approximate surface area is 96.9 Å². The fourth-order valence-electron chi connectivity index (χ4n) is 1.55. The Kier molecular flexibility index (Phi) is 4.38. The molecule has 0 aliphatic rings. The smallest absolute Gasteiger partial charge is 0.389 e. The number of halogens is 3. The van der Waals surface area contributed by atoms with Gasteiger partial charge in [-0.1, -0.05) is 6.07 Å². The second kappa shape index (κ2) is 5.19. The van der Waals surface area contributed by atoms with Crippen molar-refractivity contribution in [2.75, 3.05) is 0 Å². The molecular weight excluding hydrogens is 237 g/mol. The Morgan fingerprint density at radius 1 is 1.31 bits per heavy atom. The molecule has 16 heavy (non-hydrogen) atoms. The number of alkyl halides is 3. The van der Waals surface area contributed by atoms with Gasteiger partial charge in [-0.2, -0.15) is 13.2 Å². The van der Waals surface area contributed by atoms with Crippen LogP contribution in [-0.2, 0) is 6.42 Å². The van der Waals surface area contributed by atoms with Crippen LogP contribution in [0.5, 0.6) is 0 Å². The van der Waals surface area contributed by atoms with E-state index in [2.05, 4.69) is 0 Å². The van der Waals surface area contributed by atoms with Gasteiger partial charge in [0, 0.05) is 17.7 Å². The van der Waals surface area contributed by atoms with Crippen LogP contribution in [0.3, 0.4) is 0 Å². The van der Waals surface area contributed by atoms with Crippen molar-refractivity contribution in [2.24, 2.45) is 0 Å². The van der Waals surface area contributed by atoms with Crippen LogP contribution < -0.4 is 0 Å². The molecule has 0 spiro atoms. The van der Waals surface area contributed by atoms with E-state index in [0.29, 0.717) is 6.42 Å². The predicted molar refractivity (Wildman–Crippen MR) is 58.6 cm³/mol. The monoisotopic (exact) mass is 252 g/mol. The largest absolute Gasteiger partial charge is 0.390 e. The maximum absolute atomic E-state index is 11.9. The van der Waals surface area contributed by atoms with Crippen molar-refractivity contribution in [3.63, 3.8) is 0 Å². The summed E-state index contributed by atoms with van der Waals surface area (Å²) in [6, 6.07) is 3.74. The normalized spacial score (nSPS) is 16.1. The van der Waals surface area contributed by atoms with E-state index in [9.17, 15) is 18.3 Å². The van der Waals surface area contributed by atoms with Crippen molar-refractivity contribution < 1.29 is 18.3 Å². The summed E-state index contributed by atoms with van der Waals surface area (Å²) in [6.45, 7) is 1.59. The molecule has 1 atom stereocenters. The summed E-state index contributed by atoms with van der Waals surface area (Å²) in [4.78, 5) is 0.997. The highest BCUT2D eigenvalue weighted by Crippen LogP contribution is 2.27. The molecule has 0 aliphatic carbocycles. The molecule has 1 aromatic heterocycles. The minimum Gasteiger partial charge on any atom is -0.390 e. The molecule has 0 fully saturated rings. The van der Waals surface area contributed by atoms with Gasteiger partial charge in [0.2, 0.25) is 0 Å². The third-order valence-electron chi connectivity index (χ3n) is 2.31. The first-order chi connectivity index (χ1) is 7.29. The summed E-state index contributed by atoms with van der Waals surface area (Å²) in [6.07, 6.45) is -4.39. The molecule has 0 aliphatic heterocycles. The lowest BCUT2D eigenvalue weighted by atomic mass is 9.94. The first-order valence-corrected chi connectivity index (χ1v) is 5.98. The molecular formula is C11H15F3OS. The van der Waals surface area contributed by atoms with E-state index in [4.69, 9.17) is 0 Å². The van der Waals surface area contributed by atoms with Gasteiger partial charge in [-0.05, 0) is 31.2 Å². The van der Waals surface area contributed by atoms with Crippen LogP contribution in [0.15, 0.2) is 17.5 Å². The zero-order chi connectivity index (χ0) is 12.2. The summed E-state index contributed by atoms with van der Waals surface area (Å²) < 4.78 is 35.8. The molecule has 5 heteroatoms. The lowest BCUT2D eigenvalue weighted by Gasteiger charge is -2.22. The van der Waals surface area contributed by atoms with Gasteiger partial charge < -0.3 is 5.11 Å². The molecule has 1 nitrogen and oxygen atoms in total. The average molecular weight is 252 g/mol. The van der Waals surface area contributed by atoms with Crippen molar-refractivity contribution in [1.29, 1.82) is 0 Å². The van der Waals surface area contributed by atoms with E-state index >= 15 is 0 Å². The minimum atomic E-state index is -4.13. The SMILES string of the molecule is CC(O)(CCCC(F)(F)F)Cc1cccs1. The number of rotatable bonds is 5. The maximum Gasteiger partial charge on any atom is 0.389 e. The molecule has 1 unspecified atom stereocenters. The highest BCUT2D eigenvalue weighted by molar-refractivity contribution is 7.09. The Balaban J connectivity index is 2.34. The molecule has 0 saturated heterocycles. The number of hydrogen-bond donors (Lipinski definition) is 1. The molecule has 0 bridgehead atoms. The fraction of sp³-hybridized carbons (Fsp3) is 0.636. The Morgan fingerprint density at radius 2 is 2.00 bits per heavy atom. The quantitative estimate of drug-likeness (QED) is 0.845. The minimum absolute atomic E-state index is 0.0259. The van der Waals surface area contributed by atoms with Crippen molar-refractivity contribution >= 4 is 11.3 Å². The van der Waals surface area contributed by atoms with E-state index in [-0.39, 0.29) is 12.8 Å². The number of hydrogen-bond acceptors (Lipinski definition) is 2. The predicted octanol–water partition coefficient (Wildman–Crippen LogP) is 3.77. The van der Waals surface area contributed by atoms with Crippen LogP contribution in [0.1, 0.15) is 31.1 Å². The van der Waals surface area contributed by atoms with Gasteiger partial charge in [0.05, 0.1) is 5.60 Å². The molecule has 92 valence electrons. The molecule has 0 amide bonds. The highest BCUT2D eigenvalue weighted by atomic mass is 32.1. The van der Waals surface area contributed by atoms with Crippen molar-refractivity contribution in [1.82, 2.24) is 0 Å². The summed E-state index contributed by atoms with van der Waals surface area (Å²) >= 11 is 1.51. The van der Waals surface area contributed by atoms with Gasteiger partial charge in [-0.15, -0.1) is 11.3 Å². The first-order valence-electron chi connectivity index (χ1n) is 5.10. The Morgan fingerprint density at radius 3 is 2.50 bits per heavy atom. The van der Waals surface area contributed by atoms with Gasteiger partial charge in [-0.25, -0.2) is 0 Å². The number of aliphatic hydroxyl groups is 1. The van der Waals surface area contributed by atoms with Crippen molar-refractivity contribution in [3.8, 4) is 0 Å². The molecule has 1 aromatic rings. The van der Waals surface area contributed by atoms with Crippen molar-refractivity contribution in [2.45, 2.75) is 44.4 Å². The maximum atomic E-state index is 11.9. The Hall–Kier alpha value is -0.550. The average Bonchev–Trinajstić information content (AvgIpc) is 2.52. The fourth-order valence-corrected chi connectivity index (χ4v) is 2.43. The van der Waals surface area contributed by atoms with Crippen LogP contribution in [0.4, 0.5) is 13.2 Å².